The number of benzene rings is 3. The van der Waals surface area contributed by atoms with Crippen molar-refractivity contribution in [2.24, 2.45) is 0 Å². The lowest BCUT2D eigenvalue weighted by molar-refractivity contribution is 0.0951. The van der Waals surface area contributed by atoms with Crippen molar-refractivity contribution in [1.29, 1.82) is 0 Å². The van der Waals surface area contributed by atoms with Crippen LogP contribution in [0.5, 0.6) is 0 Å². The van der Waals surface area contributed by atoms with E-state index in [1.54, 1.807) is 12.1 Å². The Labute approximate surface area is 202 Å². The molecule has 1 aliphatic rings. The van der Waals surface area contributed by atoms with Crippen molar-refractivity contribution >= 4 is 38.3 Å². The van der Waals surface area contributed by atoms with Crippen molar-refractivity contribution in [1.82, 2.24) is 15.3 Å². The summed E-state index contributed by atoms with van der Waals surface area (Å²) < 4.78 is 28.0. The number of carbonyl (C=O) groups is 1. The van der Waals surface area contributed by atoms with Crippen LogP contribution in [0.2, 0.25) is 0 Å². The SMILES string of the molecule is CN1CCCc2cc(CNC(=O)c3ccc(NS(=O)(=O)c4ccc5[nH]c(=O)[nH]c5c4)cc3)ccc21. The molecule has 35 heavy (non-hydrogen) atoms. The number of hydrogen-bond donors (Lipinski definition) is 4. The Balaban J connectivity index is 1.23. The Kier molecular flexibility index (Phi) is 5.81. The largest absolute Gasteiger partial charge is 0.374 e. The molecule has 3 aromatic carbocycles. The number of aromatic amines is 2. The van der Waals surface area contributed by atoms with Gasteiger partial charge in [0.15, 0.2) is 0 Å². The fraction of sp³-hybridized carbons (Fsp3) is 0.200. The van der Waals surface area contributed by atoms with Gasteiger partial charge < -0.3 is 20.2 Å². The van der Waals surface area contributed by atoms with Gasteiger partial charge in [0.2, 0.25) is 0 Å². The first kappa shape index (κ1) is 22.7. The normalized spacial score (nSPS) is 13.5. The van der Waals surface area contributed by atoms with Gasteiger partial charge >= 0.3 is 5.69 Å². The highest BCUT2D eigenvalue weighted by Gasteiger charge is 2.17. The van der Waals surface area contributed by atoms with E-state index in [1.165, 1.54) is 41.6 Å². The van der Waals surface area contributed by atoms with Crippen molar-refractivity contribution in [2.75, 3.05) is 23.2 Å². The third-order valence-corrected chi connectivity index (χ3v) is 7.52. The van der Waals surface area contributed by atoms with E-state index in [0.29, 0.717) is 28.8 Å². The summed E-state index contributed by atoms with van der Waals surface area (Å²) in [5.74, 6) is -0.240. The van der Waals surface area contributed by atoms with Crippen LogP contribution in [0.25, 0.3) is 11.0 Å². The smallest absolute Gasteiger partial charge is 0.323 e. The number of amides is 1. The van der Waals surface area contributed by atoms with Crippen LogP contribution in [0, 0.1) is 0 Å². The van der Waals surface area contributed by atoms with Gasteiger partial charge in [-0.05, 0) is 72.5 Å². The molecule has 4 N–H and O–H groups in total. The second-order valence-corrected chi connectivity index (χ2v) is 10.3. The van der Waals surface area contributed by atoms with Gasteiger partial charge in [-0.1, -0.05) is 12.1 Å². The summed E-state index contributed by atoms with van der Waals surface area (Å²) in [7, 11) is -1.79. The molecule has 0 unspecified atom stereocenters. The van der Waals surface area contributed by atoms with Crippen LogP contribution in [-0.2, 0) is 23.0 Å². The number of anilines is 2. The molecule has 1 amide bonds. The number of nitrogens with one attached hydrogen (secondary N) is 4. The quantitative estimate of drug-likeness (QED) is 0.330. The van der Waals surface area contributed by atoms with Gasteiger partial charge in [-0.3, -0.25) is 9.52 Å². The number of rotatable bonds is 6. The molecule has 0 fully saturated rings. The summed E-state index contributed by atoms with van der Waals surface area (Å²) in [6.45, 7) is 1.46. The van der Waals surface area contributed by atoms with E-state index in [1.807, 2.05) is 6.07 Å². The Morgan fingerprint density at radius 3 is 2.57 bits per heavy atom. The minimum atomic E-state index is -3.88. The van der Waals surface area contributed by atoms with Crippen LogP contribution in [-0.4, -0.2) is 37.9 Å². The van der Waals surface area contributed by atoms with Crippen molar-refractivity contribution in [3.05, 3.63) is 87.8 Å². The molecule has 10 heteroatoms. The highest BCUT2D eigenvalue weighted by molar-refractivity contribution is 7.92. The van der Waals surface area contributed by atoms with E-state index < -0.39 is 15.7 Å². The van der Waals surface area contributed by atoms with Crippen molar-refractivity contribution in [3.8, 4) is 0 Å². The fourth-order valence-corrected chi connectivity index (χ4v) is 5.40. The van der Waals surface area contributed by atoms with Crippen LogP contribution >= 0.6 is 0 Å². The van der Waals surface area contributed by atoms with E-state index in [9.17, 15) is 18.0 Å². The van der Waals surface area contributed by atoms with Gasteiger partial charge in [0.05, 0.1) is 15.9 Å². The molecule has 0 bridgehead atoms. The van der Waals surface area contributed by atoms with Crippen LogP contribution in [0.1, 0.15) is 27.9 Å². The van der Waals surface area contributed by atoms with E-state index in [4.69, 9.17) is 0 Å². The molecule has 1 aromatic heterocycles. The fourth-order valence-electron chi connectivity index (χ4n) is 4.32. The van der Waals surface area contributed by atoms with E-state index in [-0.39, 0.29) is 10.8 Å². The maximum Gasteiger partial charge on any atom is 0.323 e. The molecule has 2 heterocycles. The number of fused-ring (bicyclic) bond motifs is 2. The number of imidazole rings is 1. The topological polar surface area (TPSA) is 127 Å². The van der Waals surface area contributed by atoms with E-state index >= 15 is 0 Å². The molecule has 0 spiro atoms. The Morgan fingerprint density at radius 2 is 1.77 bits per heavy atom. The number of hydrogen-bond acceptors (Lipinski definition) is 5. The zero-order valence-corrected chi connectivity index (χ0v) is 19.9. The van der Waals surface area contributed by atoms with Crippen LogP contribution in [0.4, 0.5) is 11.4 Å². The molecule has 0 saturated heterocycles. The number of sulfonamides is 1. The summed E-state index contributed by atoms with van der Waals surface area (Å²) in [6.07, 6.45) is 2.16. The Hall–Kier alpha value is -4.05. The molecule has 0 aliphatic carbocycles. The summed E-state index contributed by atoms with van der Waals surface area (Å²) >= 11 is 0. The summed E-state index contributed by atoms with van der Waals surface area (Å²) in [4.78, 5) is 31.4. The monoisotopic (exact) mass is 491 g/mol. The van der Waals surface area contributed by atoms with E-state index in [2.05, 4.69) is 44.1 Å². The predicted molar refractivity (Wildman–Crippen MR) is 135 cm³/mol. The summed E-state index contributed by atoms with van der Waals surface area (Å²) in [5.41, 5.74) is 4.84. The molecule has 1 aliphatic heterocycles. The average molecular weight is 492 g/mol. The van der Waals surface area contributed by atoms with Gasteiger partial charge in [0.25, 0.3) is 15.9 Å². The number of aryl methyl sites for hydroxylation is 1. The molecule has 0 saturated carbocycles. The molecule has 4 aromatic rings. The third kappa shape index (κ3) is 4.78. The number of nitrogens with zero attached hydrogens (tertiary/aromatic N) is 1. The van der Waals surface area contributed by atoms with Crippen molar-refractivity contribution in [3.63, 3.8) is 0 Å². The summed E-state index contributed by atoms with van der Waals surface area (Å²) in [6, 6.07) is 16.8. The standard InChI is InChI=1S/C25H25N5O4S/c1-30-12-2-3-18-13-16(4-11-23(18)30)15-26-24(31)17-5-7-19(8-6-17)29-35(33,34)20-9-10-21-22(14-20)28-25(32)27-21/h4-11,13-14,29H,2-3,12,15H2,1H3,(H,26,31)(H2,27,28,32). The molecule has 5 rings (SSSR count). The number of aromatic nitrogens is 2. The molecule has 9 nitrogen and oxygen atoms in total. The van der Waals surface area contributed by atoms with Crippen LogP contribution in [0.3, 0.4) is 0 Å². The van der Waals surface area contributed by atoms with Crippen molar-refractivity contribution < 1.29 is 13.2 Å². The van der Waals surface area contributed by atoms with Gasteiger partial charge in [-0.25, -0.2) is 13.2 Å². The highest BCUT2D eigenvalue weighted by Crippen LogP contribution is 2.27. The number of H-pyrrole nitrogens is 2. The first-order chi connectivity index (χ1) is 16.8. The lowest BCUT2D eigenvalue weighted by Gasteiger charge is -2.27. The first-order valence-corrected chi connectivity index (χ1v) is 12.7. The lowest BCUT2D eigenvalue weighted by Crippen LogP contribution is -2.25. The molecule has 0 radical (unpaired) electrons. The second-order valence-electron chi connectivity index (χ2n) is 8.64. The molecule has 0 atom stereocenters. The summed E-state index contributed by atoms with van der Waals surface area (Å²) in [5, 5.41) is 2.92. The third-order valence-electron chi connectivity index (χ3n) is 6.14. The van der Waals surface area contributed by atoms with Gasteiger partial charge in [-0.2, -0.15) is 0 Å². The van der Waals surface area contributed by atoms with E-state index in [0.717, 1.165) is 24.9 Å². The minimum Gasteiger partial charge on any atom is -0.374 e. The highest BCUT2D eigenvalue weighted by atomic mass is 32.2. The van der Waals surface area contributed by atoms with Crippen LogP contribution in [0.15, 0.2) is 70.4 Å². The molecular formula is C25H25N5O4S. The maximum absolute atomic E-state index is 12.8. The molecular weight excluding hydrogens is 466 g/mol. The lowest BCUT2D eigenvalue weighted by atomic mass is 9.99. The predicted octanol–water partition coefficient (Wildman–Crippen LogP) is 2.97. The van der Waals surface area contributed by atoms with Gasteiger partial charge in [-0.15, -0.1) is 0 Å². The zero-order chi connectivity index (χ0) is 24.6. The average Bonchev–Trinajstić information content (AvgIpc) is 3.22. The first-order valence-electron chi connectivity index (χ1n) is 11.2. The van der Waals surface area contributed by atoms with Gasteiger partial charge in [0, 0.05) is 37.1 Å². The van der Waals surface area contributed by atoms with Crippen LogP contribution < -0.4 is 20.6 Å². The Morgan fingerprint density at radius 1 is 1.00 bits per heavy atom. The maximum atomic E-state index is 12.8. The molecule has 180 valence electrons. The number of carbonyl (C=O) groups excluding carboxylic acids is 1. The van der Waals surface area contributed by atoms with Crippen molar-refractivity contribution in [2.45, 2.75) is 24.3 Å². The second kappa shape index (κ2) is 8.95. The zero-order valence-electron chi connectivity index (χ0n) is 19.1. The minimum absolute atomic E-state index is 0.0123. The Bertz CT molecular complexity index is 1570. The van der Waals surface area contributed by atoms with Gasteiger partial charge in [0.1, 0.15) is 0 Å².